The standard InChI is InChI=1S/C9H14N2O2/c12-5-8(13)9-6-3-1-2-4-7(6)10-11-9/h8,12-13H,1-5H2,(H,10,11). The number of nitrogens with zero attached hydrogens (tertiary/aromatic N) is 1. The number of aliphatic hydroxyl groups is 2. The van der Waals surface area contributed by atoms with Crippen molar-refractivity contribution in [1.82, 2.24) is 10.2 Å². The first kappa shape index (κ1) is 8.72. The number of H-pyrrole nitrogens is 1. The maximum absolute atomic E-state index is 9.44. The highest BCUT2D eigenvalue weighted by Gasteiger charge is 2.20. The van der Waals surface area contributed by atoms with Gasteiger partial charge in [-0.25, -0.2) is 0 Å². The molecular formula is C9H14N2O2. The Morgan fingerprint density at radius 3 is 2.92 bits per heavy atom. The van der Waals surface area contributed by atoms with Gasteiger partial charge in [-0.1, -0.05) is 0 Å². The first-order valence-corrected chi connectivity index (χ1v) is 4.68. The third-order valence-corrected chi connectivity index (χ3v) is 2.58. The van der Waals surface area contributed by atoms with Gasteiger partial charge >= 0.3 is 0 Å². The lowest BCUT2D eigenvalue weighted by molar-refractivity contribution is 0.0914. The minimum Gasteiger partial charge on any atom is -0.393 e. The minimum absolute atomic E-state index is 0.253. The maximum Gasteiger partial charge on any atom is 0.121 e. The smallest absolute Gasteiger partial charge is 0.121 e. The molecule has 0 amide bonds. The van der Waals surface area contributed by atoms with Crippen LogP contribution in [0.2, 0.25) is 0 Å². The summed E-state index contributed by atoms with van der Waals surface area (Å²) in [6.45, 7) is -0.253. The molecule has 2 rings (SSSR count). The zero-order chi connectivity index (χ0) is 9.26. The molecule has 1 aromatic rings. The molecular weight excluding hydrogens is 168 g/mol. The summed E-state index contributed by atoms with van der Waals surface area (Å²) < 4.78 is 0. The highest BCUT2D eigenvalue weighted by molar-refractivity contribution is 5.29. The SMILES string of the molecule is OCC(O)c1n[nH]c2c1CCCC2. The molecule has 13 heavy (non-hydrogen) atoms. The van der Waals surface area contributed by atoms with Gasteiger partial charge in [0.1, 0.15) is 6.10 Å². The molecule has 3 N–H and O–H groups in total. The number of hydrogen-bond acceptors (Lipinski definition) is 3. The third kappa shape index (κ3) is 1.47. The van der Waals surface area contributed by atoms with Crippen molar-refractivity contribution in [2.24, 2.45) is 0 Å². The summed E-state index contributed by atoms with van der Waals surface area (Å²) >= 11 is 0. The third-order valence-electron chi connectivity index (χ3n) is 2.58. The molecule has 4 heteroatoms. The molecule has 0 aromatic carbocycles. The summed E-state index contributed by atoms with van der Waals surface area (Å²) in [5.41, 5.74) is 2.89. The van der Waals surface area contributed by atoms with Crippen LogP contribution in [-0.4, -0.2) is 27.0 Å². The van der Waals surface area contributed by atoms with Crippen molar-refractivity contribution in [3.8, 4) is 0 Å². The Balaban J connectivity index is 2.31. The molecule has 0 bridgehead atoms. The molecule has 72 valence electrons. The highest BCUT2D eigenvalue weighted by Crippen LogP contribution is 2.25. The summed E-state index contributed by atoms with van der Waals surface area (Å²) in [5.74, 6) is 0. The maximum atomic E-state index is 9.44. The number of aliphatic hydroxyl groups excluding tert-OH is 2. The van der Waals surface area contributed by atoms with Crippen LogP contribution in [0.3, 0.4) is 0 Å². The van der Waals surface area contributed by atoms with Gasteiger partial charge in [0.25, 0.3) is 0 Å². The fourth-order valence-corrected chi connectivity index (χ4v) is 1.87. The number of fused-ring (bicyclic) bond motifs is 1. The lowest BCUT2D eigenvalue weighted by Crippen LogP contribution is -2.08. The predicted octanol–water partition coefficient (Wildman–Crippen LogP) is 0.314. The van der Waals surface area contributed by atoms with Crippen molar-refractivity contribution >= 4 is 0 Å². The molecule has 0 spiro atoms. The van der Waals surface area contributed by atoms with Gasteiger partial charge < -0.3 is 10.2 Å². The molecule has 1 heterocycles. The number of hydrogen-bond donors (Lipinski definition) is 3. The van der Waals surface area contributed by atoms with Crippen molar-refractivity contribution in [2.75, 3.05) is 6.61 Å². The van der Waals surface area contributed by atoms with E-state index in [0.29, 0.717) is 5.69 Å². The Kier molecular flexibility index (Phi) is 2.33. The molecule has 1 atom stereocenters. The van der Waals surface area contributed by atoms with Gasteiger partial charge in [0.05, 0.1) is 12.3 Å². The molecule has 0 fully saturated rings. The summed E-state index contributed by atoms with van der Waals surface area (Å²) in [5, 5.41) is 25.2. The van der Waals surface area contributed by atoms with E-state index >= 15 is 0 Å². The Morgan fingerprint density at radius 2 is 2.15 bits per heavy atom. The van der Waals surface area contributed by atoms with Crippen LogP contribution in [0.5, 0.6) is 0 Å². The topological polar surface area (TPSA) is 69.1 Å². The molecule has 1 aromatic heterocycles. The van der Waals surface area contributed by atoms with Gasteiger partial charge in [-0.2, -0.15) is 5.10 Å². The van der Waals surface area contributed by atoms with Crippen LogP contribution >= 0.6 is 0 Å². The van der Waals surface area contributed by atoms with E-state index in [2.05, 4.69) is 10.2 Å². The van der Waals surface area contributed by atoms with Crippen LogP contribution in [0.15, 0.2) is 0 Å². The van der Waals surface area contributed by atoms with E-state index in [0.717, 1.165) is 30.5 Å². The van der Waals surface area contributed by atoms with E-state index in [9.17, 15) is 5.11 Å². The van der Waals surface area contributed by atoms with Crippen molar-refractivity contribution in [3.63, 3.8) is 0 Å². The normalized spacial score (nSPS) is 18.3. The van der Waals surface area contributed by atoms with E-state index in [1.165, 1.54) is 6.42 Å². The second kappa shape index (κ2) is 3.47. The number of aromatic amines is 1. The van der Waals surface area contributed by atoms with E-state index in [1.807, 2.05) is 0 Å². The Hall–Kier alpha value is -0.870. The Bertz CT molecular complexity index is 296. The van der Waals surface area contributed by atoms with Crippen LogP contribution in [0.1, 0.15) is 35.9 Å². The van der Waals surface area contributed by atoms with Crippen molar-refractivity contribution in [1.29, 1.82) is 0 Å². The average Bonchev–Trinajstić information content (AvgIpc) is 2.60. The van der Waals surface area contributed by atoms with Crippen molar-refractivity contribution in [2.45, 2.75) is 31.8 Å². The highest BCUT2D eigenvalue weighted by atomic mass is 16.3. The molecule has 0 aliphatic heterocycles. The van der Waals surface area contributed by atoms with Crippen molar-refractivity contribution in [3.05, 3.63) is 17.0 Å². The average molecular weight is 182 g/mol. The van der Waals surface area contributed by atoms with Crippen LogP contribution in [0, 0.1) is 0 Å². The number of nitrogens with one attached hydrogen (secondary N) is 1. The molecule has 1 unspecified atom stereocenters. The Labute approximate surface area is 76.6 Å². The fourth-order valence-electron chi connectivity index (χ4n) is 1.87. The zero-order valence-electron chi connectivity index (χ0n) is 7.45. The molecule has 0 saturated carbocycles. The lowest BCUT2D eigenvalue weighted by atomic mass is 9.94. The van der Waals surface area contributed by atoms with Crippen LogP contribution in [-0.2, 0) is 12.8 Å². The summed E-state index contributed by atoms with van der Waals surface area (Å²) in [4.78, 5) is 0. The van der Waals surface area contributed by atoms with E-state index in [4.69, 9.17) is 5.11 Å². The second-order valence-corrected chi connectivity index (χ2v) is 3.47. The van der Waals surface area contributed by atoms with Crippen molar-refractivity contribution < 1.29 is 10.2 Å². The quantitative estimate of drug-likeness (QED) is 0.616. The number of rotatable bonds is 2. The molecule has 4 nitrogen and oxygen atoms in total. The summed E-state index contributed by atoms with van der Waals surface area (Å²) in [7, 11) is 0. The molecule has 1 aliphatic carbocycles. The van der Waals surface area contributed by atoms with Gasteiger partial charge in [0.2, 0.25) is 0 Å². The van der Waals surface area contributed by atoms with Gasteiger partial charge in [0, 0.05) is 5.69 Å². The zero-order valence-corrected chi connectivity index (χ0v) is 7.45. The van der Waals surface area contributed by atoms with Gasteiger partial charge in [0.15, 0.2) is 0 Å². The Morgan fingerprint density at radius 1 is 1.38 bits per heavy atom. The van der Waals surface area contributed by atoms with Crippen LogP contribution < -0.4 is 0 Å². The lowest BCUT2D eigenvalue weighted by Gasteiger charge is -2.12. The first-order chi connectivity index (χ1) is 6.33. The van der Waals surface area contributed by atoms with E-state index in [1.54, 1.807) is 0 Å². The summed E-state index contributed by atoms with van der Waals surface area (Å²) in [6.07, 6.45) is 3.50. The van der Waals surface area contributed by atoms with Gasteiger partial charge in [-0.3, -0.25) is 5.10 Å². The predicted molar refractivity (Wildman–Crippen MR) is 47.3 cm³/mol. The largest absolute Gasteiger partial charge is 0.393 e. The molecule has 0 saturated heterocycles. The van der Waals surface area contributed by atoms with E-state index in [-0.39, 0.29) is 6.61 Å². The minimum atomic E-state index is -0.821. The number of aromatic nitrogens is 2. The van der Waals surface area contributed by atoms with Crippen LogP contribution in [0.4, 0.5) is 0 Å². The monoisotopic (exact) mass is 182 g/mol. The second-order valence-electron chi connectivity index (χ2n) is 3.47. The van der Waals surface area contributed by atoms with E-state index < -0.39 is 6.10 Å². The number of aryl methyl sites for hydroxylation is 1. The molecule has 0 radical (unpaired) electrons. The first-order valence-electron chi connectivity index (χ1n) is 4.68. The fraction of sp³-hybridized carbons (Fsp3) is 0.667. The summed E-state index contributed by atoms with van der Waals surface area (Å²) in [6, 6.07) is 0. The van der Waals surface area contributed by atoms with Gasteiger partial charge in [-0.15, -0.1) is 0 Å². The molecule has 1 aliphatic rings. The van der Waals surface area contributed by atoms with Gasteiger partial charge in [-0.05, 0) is 31.2 Å². The van der Waals surface area contributed by atoms with Crippen LogP contribution in [0.25, 0.3) is 0 Å².